The van der Waals surface area contributed by atoms with E-state index in [1.54, 1.807) is 12.4 Å². The number of rotatable bonds is 4. The Bertz CT molecular complexity index is 521. The molecule has 5 nitrogen and oxygen atoms in total. The van der Waals surface area contributed by atoms with Gasteiger partial charge in [0.25, 0.3) is 0 Å². The predicted molar refractivity (Wildman–Crippen MR) is 71.3 cm³/mol. The summed E-state index contributed by atoms with van der Waals surface area (Å²) in [6.07, 6.45) is 5.53. The first-order valence-corrected chi connectivity index (χ1v) is 6.07. The van der Waals surface area contributed by atoms with Gasteiger partial charge >= 0.3 is 0 Å². The largest absolute Gasteiger partial charge is 0.373 e. The molecule has 2 aromatic rings. The first-order chi connectivity index (χ1) is 8.72. The molecule has 2 heterocycles. The van der Waals surface area contributed by atoms with E-state index in [-0.39, 0.29) is 0 Å². The monoisotopic (exact) mass is 243 g/mol. The molecule has 94 valence electrons. The van der Waals surface area contributed by atoms with Crippen molar-refractivity contribution in [3.8, 4) is 11.6 Å². The van der Waals surface area contributed by atoms with Gasteiger partial charge in [-0.05, 0) is 18.9 Å². The molecule has 0 atom stereocenters. The maximum absolute atomic E-state index is 4.49. The average molecular weight is 243 g/mol. The van der Waals surface area contributed by atoms with Gasteiger partial charge in [-0.2, -0.15) is 0 Å². The quantitative estimate of drug-likeness (QED) is 0.892. The minimum absolute atomic E-state index is 0.565. The number of hydrogen-bond acceptors (Lipinski definition) is 5. The van der Waals surface area contributed by atoms with Gasteiger partial charge in [-0.15, -0.1) is 0 Å². The molecule has 0 spiro atoms. The van der Waals surface area contributed by atoms with Gasteiger partial charge in [0.2, 0.25) is 0 Å². The van der Waals surface area contributed by atoms with Crippen molar-refractivity contribution in [3.05, 3.63) is 29.7 Å². The maximum Gasteiger partial charge on any atom is 0.199 e. The van der Waals surface area contributed by atoms with Gasteiger partial charge in [-0.1, -0.05) is 13.3 Å². The number of aryl methyl sites for hydroxylation is 2. The van der Waals surface area contributed by atoms with E-state index in [2.05, 4.69) is 32.2 Å². The molecule has 0 aromatic carbocycles. The summed E-state index contributed by atoms with van der Waals surface area (Å²) in [4.78, 5) is 17.4. The Labute approximate surface area is 107 Å². The van der Waals surface area contributed by atoms with Crippen LogP contribution in [0.4, 0.5) is 5.82 Å². The van der Waals surface area contributed by atoms with Crippen LogP contribution >= 0.6 is 0 Å². The highest BCUT2D eigenvalue weighted by molar-refractivity contribution is 5.49. The molecule has 0 fully saturated rings. The zero-order chi connectivity index (χ0) is 13.0. The summed E-state index contributed by atoms with van der Waals surface area (Å²) in [5.41, 5.74) is 2.04. The summed E-state index contributed by atoms with van der Waals surface area (Å²) < 4.78 is 0. The van der Waals surface area contributed by atoms with E-state index in [1.165, 1.54) is 0 Å². The normalized spacial score (nSPS) is 10.4. The number of nitrogens with one attached hydrogen (secondary N) is 1. The predicted octanol–water partition coefficient (Wildman–Crippen LogP) is 2.24. The van der Waals surface area contributed by atoms with Crippen LogP contribution in [-0.4, -0.2) is 27.0 Å². The lowest BCUT2D eigenvalue weighted by atomic mass is 10.2. The Morgan fingerprint density at radius 2 is 1.83 bits per heavy atom. The topological polar surface area (TPSA) is 63.6 Å². The van der Waals surface area contributed by atoms with Crippen LogP contribution < -0.4 is 5.32 Å². The third kappa shape index (κ3) is 2.80. The zero-order valence-electron chi connectivity index (χ0n) is 10.9. The Balaban J connectivity index is 2.42. The van der Waals surface area contributed by atoms with Crippen molar-refractivity contribution < 1.29 is 0 Å². The molecular weight excluding hydrogens is 226 g/mol. The lowest BCUT2D eigenvalue weighted by molar-refractivity contribution is 0.872. The molecule has 0 saturated heterocycles. The fourth-order valence-electron chi connectivity index (χ4n) is 1.62. The Kier molecular flexibility index (Phi) is 3.82. The second kappa shape index (κ2) is 5.53. The molecule has 0 amide bonds. The highest BCUT2D eigenvalue weighted by Crippen LogP contribution is 2.15. The van der Waals surface area contributed by atoms with E-state index in [4.69, 9.17) is 0 Å². The van der Waals surface area contributed by atoms with Crippen molar-refractivity contribution >= 4 is 5.82 Å². The molecule has 0 unspecified atom stereocenters. The van der Waals surface area contributed by atoms with Crippen LogP contribution in [0.2, 0.25) is 0 Å². The van der Waals surface area contributed by atoms with Crippen LogP contribution in [0.3, 0.4) is 0 Å². The summed E-state index contributed by atoms with van der Waals surface area (Å²) in [6.45, 7) is 4.08. The molecule has 0 aliphatic rings. The van der Waals surface area contributed by atoms with Crippen molar-refractivity contribution in [1.82, 2.24) is 19.9 Å². The Morgan fingerprint density at radius 1 is 1.11 bits per heavy atom. The Morgan fingerprint density at radius 3 is 2.44 bits per heavy atom. The molecule has 0 aliphatic carbocycles. The van der Waals surface area contributed by atoms with E-state index in [0.29, 0.717) is 11.6 Å². The summed E-state index contributed by atoms with van der Waals surface area (Å²) in [6, 6.07) is 1.96. The fourth-order valence-corrected chi connectivity index (χ4v) is 1.62. The molecule has 5 heteroatoms. The van der Waals surface area contributed by atoms with Gasteiger partial charge < -0.3 is 5.32 Å². The van der Waals surface area contributed by atoms with Crippen LogP contribution in [0.25, 0.3) is 11.6 Å². The van der Waals surface area contributed by atoms with Gasteiger partial charge in [0.15, 0.2) is 11.6 Å². The third-order valence-electron chi connectivity index (χ3n) is 2.52. The van der Waals surface area contributed by atoms with Crippen molar-refractivity contribution in [3.63, 3.8) is 0 Å². The smallest absolute Gasteiger partial charge is 0.199 e. The van der Waals surface area contributed by atoms with Crippen LogP contribution in [0.1, 0.15) is 24.6 Å². The molecule has 18 heavy (non-hydrogen) atoms. The van der Waals surface area contributed by atoms with Gasteiger partial charge in [0.1, 0.15) is 5.82 Å². The highest BCUT2D eigenvalue weighted by atomic mass is 15.0. The van der Waals surface area contributed by atoms with E-state index in [1.807, 2.05) is 20.0 Å². The van der Waals surface area contributed by atoms with E-state index in [9.17, 15) is 0 Å². The molecule has 0 bridgehead atoms. The fraction of sp³-hybridized carbons (Fsp3) is 0.385. The molecule has 2 aromatic heterocycles. The van der Waals surface area contributed by atoms with Crippen molar-refractivity contribution in [2.45, 2.75) is 26.7 Å². The highest BCUT2D eigenvalue weighted by Gasteiger charge is 2.08. The molecule has 0 aliphatic heterocycles. The summed E-state index contributed by atoms with van der Waals surface area (Å²) in [5.74, 6) is 1.94. The average Bonchev–Trinajstić information content (AvgIpc) is 2.39. The lowest BCUT2D eigenvalue weighted by Crippen LogP contribution is -2.03. The number of hydrogen-bond donors (Lipinski definition) is 1. The second-order valence-corrected chi connectivity index (χ2v) is 4.15. The summed E-state index contributed by atoms with van der Waals surface area (Å²) in [7, 11) is 1.85. The zero-order valence-corrected chi connectivity index (χ0v) is 10.9. The molecule has 2 rings (SSSR count). The van der Waals surface area contributed by atoms with Gasteiger partial charge in [0, 0.05) is 31.2 Å². The molecule has 0 radical (unpaired) electrons. The molecule has 1 N–H and O–H groups in total. The first kappa shape index (κ1) is 12.4. The molecular formula is C13H17N5. The van der Waals surface area contributed by atoms with Gasteiger partial charge in [-0.25, -0.2) is 19.9 Å². The third-order valence-corrected chi connectivity index (χ3v) is 2.52. The van der Waals surface area contributed by atoms with Crippen LogP contribution in [-0.2, 0) is 6.42 Å². The number of nitrogens with zero attached hydrogens (tertiary/aromatic N) is 4. The van der Waals surface area contributed by atoms with Crippen molar-refractivity contribution in [2.75, 3.05) is 12.4 Å². The van der Waals surface area contributed by atoms with E-state index >= 15 is 0 Å². The van der Waals surface area contributed by atoms with Crippen LogP contribution in [0, 0.1) is 6.92 Å². The standard InChI is InChI=1S/C13H17N5/c1-4-5-10-6-11(14-3)18-13(17-10)12-15-7-9(2)8-16-12/h6-8H,4-5H2,1-3H3,(H,14,17,18). The minimum Gasteiger partial charge on any atom is -0.373 e. The minimum atomic E-state index is 0.565. The number of anilines is 1. The van der Waals surface area contributed by atoms with Gasteiger partial charge in [-0.3, -0.25) is 0 Å². The summed E-state index contributed by atoms with van der Waals surface area (Å²) >= 11 is 0. The second-order valence-electron chi connectivity index (χ2n) is 4.15. The van der Waals surface area contributed by atoms with Crippen molar-refractivity contribution in [2.24, 2.45) is 0 Å². The maximum atomic E-state index is 4.49. The SMILES string of the molecule is CCCc1cc(NC)nc(-c2ncc(C)cn2)n1. The van der Waals surface area contributed by atoms with Crippen LogP contribution in [0.15, 0.2) is 18.5 Å². The van der Waals surface area contributed by atoms with E-state index in [0.717, 1.165) is 29.9 Å². The first-order valence-electron chi connectivity index (χ1n) is 6.07. The van der Waals surface area contributed by atoms with E-state index < -0.39 is 0 Å². The van der Waals surface area contributed by atoms with Crippen molar-refractivity contribution in [1.29, 1.82) is 0 Å². The van der Waals surface area contributed by atoms with Gasteiger partial charge in [0.05, 0.1) is 0 Å². The lowest BCUT2D eigenvalue weighted by Gasteiger charge is -2.06. The summed E-state index contributed by atoms with van der Waals surface area (Å²) in [5, 5.41) is 3.04. The number of aromatic nitrogens is 4. The Hall–Kier alpha value is -2.04. The van der Waals surface area contributed by atoms with Crippen LogP contribution in [0.5, 0.6) is 0 Å². The molecule has 0 saturated carbocycles.